The smallest absolute Gasteiger partial charge is 0.425 e. The van der Waals surface area contributed by atoms with E-state index in [4.69, 9.17) is 4.52 Å². The maximum absolute atomic E-state index is 13.6. The Kier molecular flexibility index (Phi) is 5.98. The zero-order chi connectivity index (χ0) is 25.8. The minimum atomic E-state index is -5.02. The maximum atomic E-state index is 13.6. The summed E-state index contributed by atoms with van der Waals surface area (Å²) in [6, 6.07) is 7.22. The summed E-state index contributed by atoms with van der Waals surface area (Å²) < 4.78 is 114. The molecule has 1 aliphatic heterocycles. The lowest BCUT2D eigenvalue weighted by Crippen LogP contribution is -2.31. The second-order valence-corrected chi connectivity index (χ2v) is 9.73. The van der Waals surface area contributed by atoms with Gasteiger partial charge in [0.25, 0.3) is 5.89 Å². The van der Waals surface area contributed by atoms with Gasteiger partial charge in [-0.2, -0.15) is 31.3 Å². The van der Waals surface area contributed by atoms with Crippen LogP contribution in [0.25, 0.3) is 22.8 Å². The number of fused-ring (bicyclic) bond motifs is 1. The van der Waals surface area contributed by atoms with E-state index in [0.29, 0.717) is 36.2 Å². The standard InChI is InChI=1S/C21H17F6N3O4S/c1-11(20(22,23)24)33-17-7-6-12(10-15(17)21(25,26)27)19-28-18(29-34-19)14-4-3-5-16-13(14)8-9-30(16)35(2,31)32/h3-7,10-11H,8-9H2,1-2H3. The van der Waals surface area contributed by atoms with Crippen LogP contribution in [0, 0.1) is 0 Å². The van der Waals surface area contributed by atoms with Crippen LogP contribution in [0.2, 0.25) is 0 Å². The molecule has 35 heavy (non-hydrogen) atoms. The fourth-order valence-corrected chi connectivity index (χ4v) is 4.60. The number of hydrogen-bond acceptors (Lipinski definition) is 6. The number of sulfonamides is 1. The third kappa shape index (κ3) is 4.92. The van der Waals surface area contributed by atoms with E-state index in [1.54, 1.807) is 18.2 Å². The van der Waals surface area contributed by atoms with Gasteiger partial charge in [-0.05, 0) is 43.2 Å². The first-order valence-electron chi connectivity index (χ1n) is 10.0. The van der Waals surface area contributed by atoms with Crippen molar-refractivity contribution in [3.05, 3.63) is 47.5 Å². The molecule has 0 bridgehead atoms. The number of halogens is 6. The van der Waals surface area contributed by atoms with E-state index in [1.807, 2.05) is 0 Å². The van der Waals surface area contributed by atoms with Crippen LogP contribution in [0.1, 0.15) is 18.1 Å². The van der Waals surface area contributed by atoms with Gasteiger partial charge in [0.15, 0.2) is 6.10 Å². The predicted octanol–water partition coefficient (Wildman–Crippen LogP) is 5.07. The highest BCUT2D eigenvalue weighted by molar-refractivity contribution is 7.92. The molecule has 188 valence electrons. The average Bonchev–Trinajstić information content (AvgIpc) is 3.39. The van der Waals surface area contributed by atoms with Gasteiger partial charge in [0, 0.05) is 17.7 Å². The van der Waals surface area contributed by atoms with Crippen molar-refractivity contribution in [3.63, 3.8) is 0 Å². The van der Waals surface area contributed by atoms with Crippen molar-refractivity contribution < 1.29 is 44.0 Å². The first-order chi connectivity index (χ1) is 16.2. The van der Waals surface area contributed by atoms with Crippen molar-refractivity contribution in [2.24, 2.45) is 0 Å². The van der Waals surface area contributed by atoms with Gasteiger partial charge in [-0.15, -0.1) is 0 Å². The highest BCUT2D eigenvalue weighted by atomic mass is 32.2. The van der Waals surface area contributed by atoms with E-state index < -0.39 is 39.8 Å². The molecular weight excluding hydrogens is 504 g/mol. The third-order valence-corrected chi connectivity index (χ3v) is 6.53. The van der Waals surface area contributed by atoms with Gasteiger partial charge >= 0.3 is 12.4 Å². The minimum Gasteiger partial charge on any atom is -0.481 e. The Labute approximate surface area is 195 Å². The summed E-state index contributed by atoms with van der Waals surface area (Å²) in [7, 11) is -3.51. The number of rotatable bonds is 5. The summed E-state index contributed by atoms with van der Waals surface area (Å²) >= 11 is 0. The molecule has 0 spiro atoms. The number of anilines is 1. The highest BCUT2D eigenvalue weighted by Crippen LogP contribution is 2.41. The quantitative estimate of drug-likeness (QED) is 0.436. The number of aromatic nitrogens is 2. The molecule has 0 fully saturated rings. The molecule has 7 nitrogen and oxygen atoms in total. The zero-order valence-corrected chi connectivity index (χ0v) is 18.9. The molecule has 1 unspecified atom stereocenters. The molecule has 0 saturated carbocycles. The molecule has 0 saturated heterocycles. The summed E-state index contributed by atoms with van der Waals surface area (Å²) in [5.74, 6) is -1.28. The molecule has 14 heteroatoms. The average molecular weight is 521 g/mol. The molecule has 1 atom stereocenters. The number of hydrogen-bond donors (Lipinski definition) is 0. The van der Waals surface area contributed by atoms with Crippen LogP contribution in [-0.4, -0.2) is 43.6 Å². The monoisotopic (exact) mass is 521 g/mol. The van der Waals surface area contributed by atoms with Crippen molar-refractivity contribution in [2.45, 2.75) is 31.8 Å². The fourth-order valence-electron chi connectivity index (χ4n) is 3.65. The minimum absolute atomic E-state index is 0.0202. The van der Waals surface area contributed by atoms with Gasteiger partial charge in [0.1, 0.15) is 5.75 Å². The molecule has 0 aliphatic carbocycles. The van der Waals surface area contributed by atoms with Crippen molar-refractivity contribution in [2.75, 3.05) is 17.1 Å². The van der Waals surface area contributed by atoms with Crippen LogP contribution in [0.3, 0.4) is 0 Å². The Morgan fingerprint density at radius 3 is 2.46 bits per heavy atom. The van der Waals surface area contributed by atoms with Crippen molar-refractivity contribution >= 4 is 15.7 Å². The molecule has 4 rings (SSSR count). The lowest BCUT2D eigenvalue weighted by Gasteiger charge is -2.20. The summed E-state index contributed by atoms with van der Waals surface area (Å²) in [6.45, 7) is 0.810. The second-order valence-electron chi connectivity index (χ2n) is 7.82. The van der Waals surface area contributed by atoms with Gasteiger partial charge in [-0.1, -0.05) is 17.3 Å². The number of alkyl halides is 6. The molecule has 2 aromatic carbocycles. The number of nitrogens with zero attached hydrogens (tertiary/aromatic N) is 3. The van der Waals surface area contributed by atoms with Crippen LogP contribution in [-0.2, 0) is 22.6 Å². The molecule has 2 heterocycles. The first-order valence-corrected chi connectivity index (χ1v) is 11.9. The predicted molar refractivity (Wildman–Crippen MR) is 112 cm³/mol. The van der Waals surface area contributed by atoms with Gasteiger partial charge in [-0.25, -0.2) is 8.42 Å². The summed E-state index contributed by atoms with van der Waals surface area (Å²) in [4.78, 5) is 4.13. The van der Waals surface area contributed by atoms with Crippen molar-refractivity contribution in [3.8, 4) is 28.6 Å². The van der Waals surface area contributed by atoms with Crippen LogP contribution < -0.4 is 9.04 Å². The first kappa shape index (κ1) is 24.8. The Morgan fingerprint density at radius 1 is 1.11 bits per heavy atom. The zero-order valence-electron chi connectivity index (χ0n) is 18.1. The Morgan fingerprint density at radius 2 is 1.83 bits per heavy atom. The lowest BCUT2D eigenvalue weighted by atomic mass is 10.0. The van der Waals surface area contributed by atoms with Crippen molar-refractivity contribution in [1.29, 1.82) is 0 Å². The summed E-state index contributed by atoms with van der Waals surface area (Å²) in [5.41, 5.74) is -0.107. The van der Waals surface area contributed by atoms with Gasteiger partial charge in [0.2, 0.25) is 15.8 Å². The number of ether oxygens (including phenoxy) is 1. The van der Waals surface area contributed by atoms with Gasteiger partial charge < -0.3 is 9.26 Å². The molecule has 0 N–H and O–H groups in total. The normalized spacial score (nSPS) is 15.3. The van der Waals surface area contributed by atoms with Crippen molar-refractivity contribution in [1.82, 2.24) is 10.1 Å². The highest BCUT2D eigenvalue weighted by Gasteiger charge is 2.41. The van der Waals surface area contributed by atoms with Crippen LogP contribution >= 0.6 is 0 Å². The maximum Gasteiger partial charge on any atom is 0.425 e. The number of benzene rings is 2. The van der Waals surface area contributed by atoms with E-state index in [-0.39, 0.29) is 23.8 Å². The topological polar surface area (TPSA) is 85.5 Å². The van der Waals surface area contributed by atoms with Crippen LogP contribution in [0.4, 0.5) is 32.0 Å². The van der Waals surface area contributed by atoms with Crippen LogP contribution in [0.5, 0.6) is 5.75 Å². The van der Waals surface area contributed by atoms with E-state index >= 15 is 0 Å². The molecule has 3 aromatic rings. The molecule has 1 aliphatic rings. The second kappa shape index (κ2) is 8.43. The summed E-state index contributed by atoms with van der Waals surface area (Å²) in [6.07, 6.45) is -10.9. The molecule has 1 aromatic heterocycles. The van der Waals surface area contributed by atoms with E-state index in [2.05, 4.69) is 14.9 Å². The van der Waals surface area contributed by atoms with Crippen LogP contribution in [0.15, 0.2) is 40.9 Å². The van der Waals surface area contributed by atoms with E-state index in [9.17, 15) is 34.8 Å². The molecule has 0 amide bonds. The lowest BCUT2D eigenvalue weighted by molar-refractivity contribution is -0.191. The Hall–Kier alpha value is -3.29. The molecular formula is C21H17F6N3O4S. The largest absolute Gasteiger partial charge is 0.481 e. The van der Waals surface area contributed by atoms with E-state index in [1.165, 1.54) is 4.31 Å². The van der Waals surface area contributed by atoms with Gasteiger partial charge in [0.05, 0.1) is 17.5 Å². The fraction of sp³-hybridized carbons (Fsp3) is 0.333. The SMILES string of the molecule is CC(Oc1ccc(-c2nc(-c3cccc4c3CCN4S(C)(=O)=O)no2)cc1C(F)(F)F)C(F)(F)F. The Bertz CT molecular complexity index is 1370. The van der Waals surface area contributed by atoms with E-state index in [0.717, 1.165) is 18.4 Å². The Balaban J connectivity index is 1.70. The summed E-state index contributed by atoms with van der Waals surface area (Å²) in [5, 5.41) is 3.81. The van der Waals surface area contributed by atoms with Gasteiger partial charge in [-0.3, -0.25) is 4.31 Å². The molecule has 0 radical (unpaired) electrons. The third-order valence-electron chi connectivity index (χ3n) is 5.35.